The molecule has 1 aromatic rings. The van der Waals surface area contributed by atoms with Gasteiger partial charge in [0.05, 0.1) is 0 Å². The lowest BCUT2D eigenvalue weighted by Crippen LogP contribution is -2.50. The molecule has 0 radical (unpaired) electrons. The Bertz CT molecular complexity index is 307. The van der Waals surface area contributed by atoms with Crippen molar-refractivity contribution < 1.29 is 0 Å². The monoisotopic (exact) mass is 289 g/mol. The molecule has 0 saturated carbocycles. The largest absolute Gasteiger partial charge is 0.304 e. The molecule has 3 nitrogen and oxygen atoms in total. The molecule has 15 heavy (non-hydrogen) atoms. The van der Waals surface area contributed by atoms with Gasteiger partial charge in [0.2, 0.25) is 0 Å². The fourth-order valence-corrected chi connectivity index (χ4v) is 2.98. The van der Waals surface area contributed by atoms with Crippen LogP contribution in [0.2, 0.25) is 0 Å². The fraction of sp³-hybridized carbons (Fsp3) is 0.600. The van der Waals surface area contributed by atoms with Crippen molar-refractivity contribution >= 4 is 27.3 Å². The average molecular weight is 290 g/mol. The van der Waals surface area contributed by atoms with Crippen LogP contribution in [-0.4, -0.2) is 43.1 Å². The Labute approximate surface area is 103 Å². The number of hydrogen-bond donors (Lipinski definition) is 1. The molecule has 1 saturated heterocycles. The van der Waals surface area contributed by atoms with Gasteiger partial charge in [0.15, 0.2) is 0 Å². The van der Waals surface area contributed by atoms with Crippen LogP contribution >= 0.6 is 27.3 Å². The molecule has 1 aliphatic heterocycles. The van der Waals surface area contributed by atoms with Gasteiger partial charge >= 0.3 is 0 Å². The van der Waals surface area contributed by atoms with Crippen molar-refractivity contribution in [3.8, 4) is 0 Å². The molecular formula is C10H16BrN3S. The van der Waals surface area contributed by atoms with Crippen LogP contribution in [0.15, 0.2) is 15.9 Å². The van der Waals surface area contributed by atoms with E-state index in [1.807, 2.05) is 0 Å². The highest BCUT2D eigenvalue weighted by Gasteiger charge is 2.12. The SMILES string of the molecule is CN1CCN(NCc2cc(Br)cs2)CC1. The van der Waals surface area contributed by atoms with Gasteiger partial charge < -0.3 is 4.90 Å². The summed E-state index contributed by atoms with van der Waals surface area (Å²) in [6, 6.07) is 2.17. The molecule has 1 aliphatic rings. The zero-order chi connectivity index (χ0) is 10.7. The van der Waals surface area contributed by atoms with E-state index in [0.717, 1.165) is 32.7 Å². The number of thiophene rings is 1. The third-order valence-corrected chi connectivity index (χ3v) is 4.30. The van der Waals surface area contributed by atoms with Gasteiger partial charge in [-0.1, -0.05) is 0 Å². The third kappa shape index (κ3) is 3.53. The number of likely N-dealkylation sites (N-methyl/N-ethyl adjacent to an activating group) is 1. The molecular weight excluding hydrogens is 274 g/mol. The maximum absolute atomic E-state index is 3.47. The van der Waals surface area contributed by atoms with E-state index in [2.05, 4.69) is 49.8 Å². The summed E-state index contributed by atoms with van der Waals surface area (Å²) >= 11 is 5.26. The van der Waals surface area contributed by atoms with Crippen LogP contribution in [0.25, 0.3) is 0 Å². The quantitative estimate of drug-likeness (QED) is 0.915. The van der Waals surface area contributed by atoms with Gasteiger partial charge in [0.1, 0.15) is 0 Å². The standard InChI is InChI=1S/C10H16BrN3S/c1-13-2-4-14(5-3-13)12-7-10-6-9(11)8-15-10/h6,8,12H,2-5,7H2,1H3. The second kappa shape index (κ2) is 5.41. The average Bonchev–Trinajstić information content (AvgIpc) is 2.64. The van der Waals surface area contributed by atoms with Crippen LogP contribution in [0.1, 0.15) is 4.88 Å². The fourth-order valence-electron chi connectivity index (χ4n) is 1.60. The number of hydrogen-bond acceptors (Lipinski definition) is 4. The maximum Gasteiger partial charge on any atom is 0.0447 e. The van der Waals surface area contributed by atoms with Crippen LogP contribution < -0.4 is 5.43 Å². The molecule has 5 heteroatoms. The number of nitrogens with one attached hydrogen (secondary N) is 1. The molecule has 0 amide bonds. The van der Waals surface area contributed by atoms with Crippen molar-refractivity contribution in [2.24, 2.45) is 0 Å². The van der Waals surface area contributed by atoms with E-state index < -0.39 is 0 Å². The van der Waals surface area contributed by atoms with Gasteiger partial charge in [-0.25, -0.2) is 10.4 Å². The Morgan fingerprint density at radius 1 is 1.40 bits per heavy atom. The molecule has 0 aliphatic carbocycles. The van der Waals surface area contributed by atoms with E-state index in [0.29, 0.717) is 0 Å². The van der Waals surface area contributed by atoms with Gasteiger partial charge in [-0.3, -0.25) is 0 Å². The maximum atomic E-state index is 3.47. The molecule has 0 bridgehead atoms. The van der Waals surface area contributed by atoms with E-state index in [-0.39, 0.29) is 0 Å². The lowest BCUT2D eigenvalue weighted by atomic mass is 10.4. The van der Waals surface area contributed by atoms with Crippen molar-refractivity contribution in [3.05, 3.63) is 20.8 Å². The number of rotatable bonds is 3. The van der Waals surface area contributed by atoms with Crippen LogP contribution in [0.5, 0.6) is 0 Å². The minimum Gasteiger partial charge on any atom is -0.304 e. The first kappa shape index (κ1) is 11.5. The summed E-state index contributed by atoms with van der Waals surface area (Å²) in [5.41, 5.74) is 3.47. The van der Waals surface area contributed by atoms with E-state index >= 15 is 0 Å². The third-order valence-electron chi connectivity index (χ3n) is 2.60. The number of halogens is 1. The Morgan fingerprint density at radius 2 is 2.13 bits per heavy atom. The summed E-state index contributed by atoms with van der Waals surface area (Å²) in [6.07, 6.45) is 0. The van der Waals surface area contributed by atoms with Crippen molar-refractivity contribution in [2.45, 2.75) is 6.54 Å². The van der Waals surface area contributed by atoms with Crippen LogP contribution in [-0.2, 0) is 6.54 Å². The van der Waals surface area contributed by atoms with Crippen LogP contribution in [0.4, 0.5) is 0 Å². The highest BCUT2D eigenvalue weighted by atomic mass is 79.9. The van der Waals surface area contributed by atoms with Gasteiger partial charge in [0, 0.05) is 47.5 Å². The summed E-state index contributed by atoms with van der Waals surface area (Å²) in [5, 5.41) is 4.44. The molecule has 1 aromatic heterocycles. The number of piperazine rings is 1. The second-order valence-electron chi connectivity index (χ2n) is 3.86. The number of nitrogens with zero attached hydrogens (tertiary/aromatic N) is 2. The second-order valence-corrected chi connectivity index (χ2v) is 5.77. The molecule has 0 unspecified atom stereocenters. The zero-order valence-electron chi connectivity index (χ0n) is 8.87. The smallest absolute Gasteiger partial charge is 0.0447 e. The topological polar surface area (TPSA) is 18.5 Å². The van der Waals surface area contributed by atoms with E-state index in [1.165, 1.54) is 9.35 Å². The summed E-state index contributed by atoms with van der Waals surface area (Å²) in [5.74, 6) is 0. The molecule has 1 fully saturated rings. The molecule has 2 heterocycles. The highest BCUT2D eigenvalue weighted by Crippen LogP contribution is 2.19. The van der Waals surface area contributed by atoms with Crippen molar-refractivity contribution in [2.75, 3.05) is 33.2 Å². The van der Waals surface area contributed by atoms with Crippen LogP contribution in [0, 0.1) is 0 Å². The lowest BCUT2D eigenvalue weighted by molar-refractivity contribution is 0.102. The van der Waals surface area contributed by atoms with E-state index in [4.69, 9.17) is 0 Å². The van der Waals surface area contributed by atoms with Crippen molar-refractivity contribution in [1.82, 2.24) is 15.3 Å². The minimum atomic E-state index is 0.944. The van der Waals surface area contributed by atoms with Gasteiger partial charge in [-0.2, -0.15) is 0 Å². The lowest BCUT2D eigenvalue weighted by Gasteiger charge is -2.32. The molecule has 0 spiro atoms. The highest BCUT2D eigenvalue weighted by molar-refractivity contribution is 9.10. The predicted molar refractivity (Wildman–Crippen MR) is 67.9 cm³/mol. The van der Waals surface area contributed by atoms with Gasteiger partial charge in [-0.15, -0.1) is 11.3 Å². The predicted octanol–water partition coefficient (Wildman–Crippen LogP) is 1.76. The summed E-state index contributed by atoms with van der Waals surface area (Å²) in [4.78, 5) is 3.74. The summed E-state index contributed by atoms with van der Waals surface area (Å²) < 4.78 is 1.18. The Balaban J connectivity index is 1.74. The minimum absolute atomic E-state index is 0.944. The van der Waals surface area contributed by atoms with Crippen molar-refractivity contribution in [1.29, 1.82) is 0 Å². The van der Waals surface area contributed by atoms with Crippen molar-refractivity contribution in [3.63, 3.8) is 0 Å². The molecule has 0 aromatic carbocycles. The van der Waals surface area contributed by atoms with Gasteiger partial charge in [-0.05, 0) is 29.0 Å². The van der Waals surface area contributed by atoms with Gasteiger partial charge in [0.25, 0.3) is 0 Å². The molecule has 84 valence electrons. The van der Waals surface area contributed by atoms with Crippen LogP contribution in [0.3, 0.4) is 0 Å². The first-order chi connectivity index (χ1) is 7.24. The Morgan fingerprint density at radius 3 is 2.73 bits per heavy atom. The first-order valence-electron chi connectivity index (χ1n) is 5.14. The molecule has 1 N–H and O–H groups in total. The molecule has 2 rings (SSSR count). The first-order valence-corrected chi connectivity index (χ1v) is 6.81. The summed E-state index contributed by atoms with van der Waals surface area (Å²) in [6.45, 7) is 5.48. The normalized spacial score (nSPS) is 19.6. The van der Waals surface area contributed by atoms with E-state index in [1.54, 1.807) is 11.3 Å². The van der Waals surface area contributed by atoms with E-state index in [9.17, 15) is 0 Å². The number of hydrazine groups is 1. The Hall–Kier alpha value is 0.0600. The zero-order valence-corrected chi connectivity index (χ0v) is 11.3. The molecule has 0 atom stereocenters. The Kier molecular flexibility index (Phi) is 4.16. The summed E-state index contributed by atoms with van der Waals surface area (Å²) in [7, 11) is 2.17.